The molecule has 0 spiro atoms. The largest absolute Gasteiger partial charge is 0.460 e. The number of hydrogen-bond donors (Lipinski definition) is 0. The number of allylic oxidation sites excluding steroid dienone is 1. The summed E-state index contributed by atoms with van der Waals surface area (Å²) in [5.74, 6) is 2.93. The van der Waals surface area contributed by atoms with Gasteiger partial charge in [0.15, 0.2) is 11.6 Å². The van der Waals surface area contributed by atoms with Crippen LogP contribution in [0.3, 0.4) is 0 Å². The Hall–Kier alpha value is -6.66. The predicted molar refractivity (Wildman–Crippen MR) is 212 cm³/mol. The Kier molecular flexibility index (Phi) is 6.32. The first-order valence-electron chi connectivity index (χ1n) is 18.2. The lowest BCUT2D eigenvalue weighted by molar-refractivity contribution is 0.527. The zero-order valence-electron chi connectivity index (χ0n) is 29.3. The van der Waals surface area contributed by atoms with Crippen LogP contribution in [0, 0.1) is 0 Å². The number of fused-ring (bicyclic) bond motifs is 9. The molecule has 0 radical (unpaired) electrons. The summed E-state index contributed by atoms with van der Waals surface area (Å²) in [6.45, 7) is 4.60. The number of benzene rings is 5. The van der Waals surface area contributed by atoms with E-state index >= 15 is 0 Å². The zero-order valence-corrected chi connectivity index (χ0v) is 29.3. The standard InChI is InChI=1S/C47H33N5O/c1-47(2)37-18-8-6-15-35(37)42-36(16-10-19-38(42)47)45-50-43(28-12-4-3-5-13-28)49-44(51-45)29-21-23-32-33-24-22-30(27-41(33)53-40(32)26-29)52-39-20-9-7-14-31(39)34-17-11-25-48-46(34)52/h3-25,27,29H,26H2,1-2H3. The van der Waals surface area contributed by atoms with Crippen molar-refractivity contribution < 1.29 is 4.42 Å². The SMILES string of the molecule is CC1(C)c2ccccc2-c2c(-c3nc(-c4ccccc4)nc(C4C=Cc5c(oc6cc(-n7c8ccccc8c8cccnc87)ccc56)C4)n3)cccc21. The van der Waals surface area contributed by atoms with Gasteiger partial charge in [-0.1, -0.05) is 117 Å². The van der Waals surface area contributed by atoms with Crippen LogP contribution in [0.15, 0.2) is 144 Å². The molecule has 0 saturated heterocycles. The van der Waals surface area contributed by atoms with E-state index in [1.807, 2.05) is 30.5 Å². The Bertz CT molecular complexity index is 2920. The van der Waals surface area contributed by atoms with Gasteiger partial charge in [0.05, 0.1) is 11.2 Å². The predicted octanol–water partition coefficient (Wildman–Crippen LogP) is 11.1. The smallest absolute Gasteiger partial charge is 0.164 e. The maximum Gasteiger partial charge on any atom is 0.164 e. The van der Waals surface area contributed by atoms with Crippen molar-refractivity contribution in [3.8, 4) is 39.6 Å². The van der Waals surface area contributed by atoms with Gasteiger partial charge >= 0.3 is 0 Å². The van der Waals surface area contributed by atoms with Gasteiger partial charge in [0.1, 0.15) is 22.8 Å². The minimum atomic E-state index is -0.123. The molecule has 6 nitrogen and oxygen atoms in total. The molecule has 11 rings (SSSR count). The molecule has 0 fully saturated rings. The molecule has 5 aromatic carbocycles. The van der Waals surface area contributed by atoms with Gasteiger partial charge in [-0.15, -0.1) is 0 Å². The van der Waals surface area contributed by atoms with Gasteiger partial charge in [0, 0.05) is 62.9 Å². The van der Waals surface area contributed by atoms with Crippen molar-refractivity contribution >= 4 is 39.0 Å². The van der Waals surface area contributed by atoms with Crippen molar-refractivity contribution in [2.24, 2.45) is 0 Å². The molecule has 2 aliphatic carbocycles. The second kappa shape index (κ2) is 11.2. The lowest BCUT2D eigenvalue weighted by atomic mass is 9.82. The van der Waals surface area contributed by atoms with Crippen LogP contribution in [0.4, 0.5) is 0 Å². The zero-order chi connectivity index (χ0) is 35.3. The quantitative estimate of drug-likeness (QED) is 0.185. The second-order valence-electron chi connectivity index (χ2n) is 14.6. The Morgan fingerprint density at radius 3 is 2.38 bits per heavy atom. The third-order valence-electron chi connectivity index (χ3n) is 11.2. The number of hydrogen-bond acceptors (Lipinski definition) is 5. The molecular formula is C47H33N5O. The van der Waals surface area contributed by atoms with E-state index in [1.165, 1.54) is 27.6 Å². The first kappa shape index (κ1) is 30.0. The number of nitrogens with zero attached hydrogens (tertiary/aromatic N) is 5. The highest BCUT2D eigenvalue weighted by atomic mass is 16.3. The van der Waals surface area contributed by atoms with Gasteiger partial charge in [0.25, 0.3) is 0 Å². The lowest BCUT2D eigenvalue weighted by Crippen LogP contribution is -2.15. The molecule has 1 atom stereocenters. The van der Waals surface area contributed by atoms with Gasteiger partial charge in [-0.2, -0.15) is 0 Å². The van der Waals surface area contributed by atoms with Gasteiger partial charge in [-0.3, -0.25) is 4.57 Å². The van der Waals surface area contributed by atoms with E-state index in [-0.39, 0.29) is 11.3 Å². The van der Waals surface area contributed by atoms with Crippen LogP contribution in [0.2, 0.25) is 0 Å². The van der Waals surface area contributed by atoms with Crippen molar-refractivity contribution in [2.45, 2.75) is 31.6 Å². The maximum atomic E-state index is 6.70. The molecule has 9 aromatic rings. The second-order valence-corrected chi connectivity index (χ2v) is 14.6. The number of furan rings is 1. The van der Waals surface area contributed by atoms with E-state index in [2.05, 4.69) is 134 Å². The maximum absolute atomic E-state index is 6.70. The first-order chi connectivity index (χ1) is 26.0. The number of aromatic nitrogens is 5. The Labute approximate surface area is 306 Å². The topological polar surface area (TPSA) is 69.6 Å². The molecule has 0 aliphatic heterocycles. The van der Waals surface area contributed by atoms with Crippen molar-refractivity contribution in [3.05, 3.63) is 168 Å². The van der Waals surface area contributed by atoms with Crippen molar-refractivity contribution in [1.29, 1.82) is 0 Å². The average Bonchev–Trinajstić information content (AvgIpc) is 3.83. The summed E-state index contributed by atoms with van der Waals surface area (Å²) >= 11 is 0. The Morgan fingerprint density at radius 2 is 1.45 bits per heavy atom. The molecule has 0 bridgehead atoms. The van der Waals surface area contributed by atoms with Crippen LogP contribution in [-0.2, 0) is 11.8 Å². The Balaban J connectivity index is 1.02. The third-order valence-corrected chi connectivity index (χ3v) is 11.2. The third kappa shape index (κ3) is 4.45. The molecule has 0 N–H and O–H groups in total. The molecule has 4 aromatic heterocycles. The molecule has 1 unspecified atom stereocenters. The molecule has 6 heteroatoms. The number of para-hydroxylation sites is 1. The highest BCUT2D eigenvalue weighted by Crippen LogP contribution is 2.51. The molecule has 53 heavy (non-hydrogen) atoms. The molecule has 252 valence electrons. The van der Waals surface area contributed by atoms with Crippen molar-refractivity contribution in [2.75, 3.05) is 0 Å². The van der Waals surface area contributed by atoms with Gasteiger partial charge < -0.3 is 4.42 Å². The molecule has 0 amide bonds. The van der Waals surface area contributed by atoms with Gasteiger partial charge in [0.2, 0.25) is 0 Å². The normalized spacial score (nSPS) is 15.5. The van der Waals surface area contributed by atoms with E-state index in [4.69, 9.17) is 24.4 Å². The van der Waals surface area contributed by atoms with Crippen LogP contribution in [0.25, 0.3) is 78.6 Å². The lowest BCUT2D eigenvalue weighted by Gasteiger charge is -2.21. The van der Waals surface area contributed by atoms with E-state index < -0.39 is 0 Å². The van der Waals surface area contributed by atoms with Crippen molar-refractivity contribution in [3.63, 3.8) is 0 Å². The summed E-state index contributed by atoms with van der Waals surface area (Å²) in [7, 11) is 0. The van der Waals surface area contributed by atoms with Crippen LogP contribution in [0.5, 0.6) is 0 Å². The molecule has 4 heterocycles. The van der Waals surface area contributed by atoms with Crippen molar-refractivity contribution in [1.82, 2.24) is 24.5 Å². The molecule has 0 saturated carbocycles. The fourth-order valence-electron chi connectivity index (χ4n) is 8.68. The summed E-state index contributed by atoms with van der Waals surface area (Å²) in [6, 6.07) is 44.5. The van der Waals surface area contributed by atoms with E-state index in [0.29, 0.717) is 18.1 Å². The molecule has 2 aliphatic rings. The van der Waals surface area contributed by atoms with E-state index in [9.17, 15) is 0 Å². The van der Waals surface area contributed by atoms with Crippen LogP contribution >= 0.6 is 0 Å². The van der Waals surface area contributed by atoms with E-state index in [0.717, 1.165) is 61.5 Å². The summed E-state index contributed by atoms with van der Waals surface area (Å²) in [5.41, 5.74) is 12.0. The highest BCUT2D eigenvalue weighted by molar-refractivity contribution is 6.08. The highest BCUT2D eigenvalue weighted by Gasteiger charge is 2.37. The first-order valence-corrected chi connectivity index (χ1v) is 18.2. The summed E-state index contributed by atoms with van der Waals surface area (Å²) in [5, 5.41) is 3.41. The van der Waals surface area contributed by atoms with E-state index in [1.54, 1.807) is 0 Å². The van der Waals surface area contributed by atoms with Gasteiger partial charge in [-0.05, 0) is 52.6 Å². The minimum Gasteiger partial charge on any atom is -0.460 e. The summed E-state index contributed by atoms with van der Waals surface area (Å²) in [4.78, 5) is 20.3. The van der Waals surface area contributed by atoms with Crippen LogP contribution in [-0.4, -0.2) is 24.5 Å². The van der Waals surface area contributed by atoms with Crippen LogP contribution in [0.1, 0.15) is 48.0 Å². The monoisotopic (exact) mass is 683 g/mol. The minimum absolute atomic E-state index is 0.0891. The summed E-state index contributed by atoms with van der Waals surface area (Å²) in [6.07, 6.45) is 6.91. The fourth-order valence-corrected chi connectivity index (χ4v) is 8.68. The number of rotatable bonds is 4. The molecular weight excluding hydrogens is 651 g/mol. The number of pyridine rings is 1. The van der Waals surface area contributed by atoms with Crippen LogP contribution < -0.4 is 0 Å². The average molecular weight is 684 g/mol. The van der Waals surface area contributed by atoms with Gasteiger partial charge in [-0.25, -0.2) is 19.9 Å². The Morgan fingerprint density at radius 1 is 0.679 bits per heavy atom. The summed E-state index contributed by atoms with van der Waals surface area (Å²) < 4.78 is 8.92. The fraction of sp³-hybridized carbons (Fsp3) is 0.106.